The van der Waals surface area contributed by atoms with E-state index >= 15 is 0 Å². The SMILES string of the molecule is COc1ccc(Cn2nnc3c(=O)[nH]c(C4CC4)nc32)cc1. The fraction of sp³-hybridized carbons (Fsp3) is 0.333. The number of nitrogens with one attached hydrogen (secondary N) is 1. The van der Waals surface area contributed by atoms with Gasteiger partial charge in [-0.25, -0.2) is 9.67 Å². The number of rotatable bonds is 4. The number of hydrogen-bond acceptors (Lipinski definition) is 5. The average molecular weight is 297 g/mol. The third kappa shape index (κ3) is 2.24. The monoisotopic (exact) mass is 297 g/mol. The molecule has 22 heavy (non-hydrogen) atoms. The van der Waals surface area contributed by atoms with Crippen LogP contribution in [0, 0.1) is 0 Å². The van der Waals surface area contributed by atoms with Gasteiger partial charge in [-0.2, -0.15) is 0 Å². The number of benzene rings is 1. The molecule has 1 fully saturated rings. The third-order valence-electron chi connectivity index (χ3n) is 3.85. The molecule has 7 nitrogen and oxygen atoms in total. The van der Waals surface area contributed by atoms with Gasteiger partial charge in [0.1, 0.15) is 11.6 Å². The van der Waals surface area contributed by atoms with Crippen LogP contribution in [0.2, 0.25) is 0 Å². The van der Waals surface area contributed by atoms with E-state index in [4.69, 9.17) is 4.74 Å². The van der Waals surface area contributed by atoms with Crippen molar-refractivity contribution in [2.24, 2.45) is 0 Å². The van der Waals surface area contributed by atoms with E-state index in [9.17, 15) is 4.79 Å². The van der Waals surface area contributed by atoms with Gasteiger partial charge in [-0.3, -0.25) is 4.79 Å². The lowest BCUT2D eigenvalue weighted by Gasteiger charge is -2.04. The Morgan fingerprint density at radius 1 is 1.32 bits per heavy atom. The second-order valence-electron chi connectivity index (χ2n) is 5.49. The first-order valence-electron chi connectivity index (χ1n) is 7.21. The molecule has 0 amide bonds. The minimum atomic E-state index is -0.215. The molecule has 1 aliphatic rings. The van der Waals surface area contributed by atoms with Crippen LogP contribution in [0.3, 0.4) is 0 Å². The highest BCUT2D eigenvalue weighted by Gasteiger charge is 2.27. The summed E-state index contributed by atoms with van der Waals surface area (Å²) in [4.78, 5) is 19.4. The Morgan fingerprint density at radius 3 is 2.77 bits per heavy atom. The normalized spacial score (nSPS) is 14.4. The summed E-state index contributed by atoms with van der Waals surface area (Å²) in [6.07, 6.45) is 2.16. The van der Waals surface area contributed by atoms with Crippen LogP contribution in [-0.4, -0.2) is 32.1 Å². The fourth-order valence-electron chi connectivity index (χ4n) is 2.44. The Balaban J connectivity index is 1.72. The predicted octanol–water partition coefficient (Wildman–Crippen LogP) is 1.45. The van der Waals surface area contributed by atoms with E-state index in [0.29, 0.717) is 18.1 Å². The summed E-state index contributed by atoms with van der Waals surface area (Å²) in [7, 11) is 1.63. The van der Waals surface area contributed by atoms with E-state index in [1.165, 1.54) is 0 Å². The minimum absolute atomic E-state index is 0.215. The fourth-order valence-corrected chi connectivity index (χ4v) is 2.44. The molecule has 0 aliphatic heterocycles. The summed E-state index contributed by atoms with van der Waals surface area (Å²) in [5.41, 5.74) is 1.66. The summed E-state index contributed by atoms with van der Waals surface area (Å²) in [5, 5.41) is 8.02. The number of aromatic nitrogens is 5. The molecular weight excluding hydrogens is 282 g/mol. The third-order valence-corrected chi connectivity index (χ3v) is 3.85. The lowest BCUT2D eigenvalue weighted by Crippen LogP contribution is -2.12. The number of fused-ring (bicyclic) bond motifs is 1. The van der Waals surface area contributed by atoms with Crippen LogP contribution in [0.25, 0.3) is 11.2 Å². The molecule has 0 bridgehead atoms. The van der Waals surface area contributed by atoms with Crippen LogP contribution in [0.4, 0.5) is 0 Å². The highest BCUT2D eigenvalue weighted by molar-refractivity contribution is 5.68. The van der Waals surface area contributed by atoms with Crippen molar-refractivity contribution in [3.05, 3.63) is 46.0 Å². The molecule has 0 saturated heterocycles. The summed E-state index contributed by atoms with van der Waals surface area (Å²) >= 11 is 0. The standard InChI is InChI=1S/C15H15N5O2/c1-22-11-6-2-9(3-7-11)8-20-14-12(18-19-20)15(21)17-13(16-14)10-4-5-10/h2-3,6-7,10H,4-5,8H2,1H3,(H,16,17,21). The van der Waals surface area contributed by atoms with Crippen molar-refractivity contribution < 1.29 is 4.74 Å². The highest BCUT2D eigenvalue weighted by atomic mass is 16.5. The van der Waals surface area contributed by atoms with Crippen LogP contribution in [-0.2, 0) is 6.54 Å². The molecule has 0 spiro atoms. The number of nitrogens with zero attached hydrogens (tertiary/aromatic N) is 4. The molecule has 1 saturated carbocycles. The number of aromatic amines is 1. The van der Waals surface area contributed by atoms with Crippen molar-refractivity contribution in [2.75, 3.05) is 7.11 Å². The van der Waals surface area contributed by atoms with Gasteiger partial charge < -0.3 is 9.72 Å². The van der Waals surface area contributed by atoms with Crippen molar-refractivity contribution in [1.29, 1.82) is 0 Å². The number of methoxy groups -OCH3 is 1. The Morgan fingerprint density at radius 2 is 2.09 bits per heavy atom. The van der Waals surface area contributed by atoms with E-state index in [0.717, 1.165) is 30.0 Å². The summed E-state index contributed by atoms with van der Waals surface area (Å²) in [5.74, 6) is 1.93. The average Bonchev–Trinajstić information content (AvgIpc) is 3.31. The minimum Gasteiger partial charge on any atom is -0.497 e. The largest absolute Gasteiger partial charge is 0.497 e. The van der Waals surface area contributed by atoms with Crippen LogP contribution >= 0.6 is 0 Å². The molecule has 2 heterocycles. The second kappa shape index (κ2) is 4.94. The smallest absolute Gasteiger partial charge is 0.281 e. The second-order valence-corrected chi connectivity index (χ2v) is 5.49. The van der Waals surface area contributed by atoms with E-state index in [-0.39, 0.29) is 11.1 Å². The van der Waals surface area contributed by atoms with Gasteiger partial charge in [0.2, 0.25) is 0 Å². The van der Waals surface area contributed by atoms with Gasteiger partial charge in [-0.15, -0.1) is 5.10 Å². The first-order valence-corrected chi connectivity index (χ1v) is 7.21. The molecule has 1 aromatic carbocycles. The predicted molar refractivity (Wildman–Crippen MR) is 80.0 cm³/mol. The van der Waals surface area contributed by atoms with E-state index in [1.807, 2.05) is 24.3 Å². The molecular formula is C15H15N5O2. The van der Waals surface area contributed by atoms with Crippen LogP contribution in [0.5, 0.6) is 5.75 Å². The van der Waals surface area contributed by atoms with E-state index in [1.54, 1.807) is 11.8 Å². The number of H-pyrrole nitrogens is 1. The van der Waals surface area contributed by atoms with Gasteiger partial charge >= 0.3 is 0 Å². The zero-order valence-electron chi connectivity index (χ0n) is 12.1. The zero-order valence-corrected chi connectivity index (χ0v) is 12.1. The van der Waals surface area contributed by atoms with E-state index < -0.39 is 0 Å². The molecule has 1 aliphatic carbocycles. The van der Waals surface area contributed by atoms with Crippen molar-refractivity contribution in [2.45, 2.75) is 25.3 Å². The van der Waals surface area contributed by atoms with Crippen molar-refractivity contribution in [1.82, 2.24) is 25.0 Å². The molecule has 1 N–H and O–H groups in total. The maximum atomic E-state index is 12.1. The number of ether oxygens (including phenoxy) is 1. The summed E-state index contributed by atoms with van der Waals surface area (Å²) in [6.45, 7) is 0.515. The van der Waals surface area contributed by atoms with E-state index in [2.05, 4.69) is 20.3 Å². The van der Waals surface area contributed by atoms with Gasteiger partial charge in [-0.1, -0.05) is 17.3 Å². The quantitative estimate of drug-likeness (QED) is 0.787. The molecule has 2 aromatic heterocycles. The van der Waals surface area contributed by atoms with Gasteiger partial charge in [0, 0.05) is 5.92 Å². The lowest BCUT2D eigenvalue weighted by atomic mass is 10.2. The van der Waals surface area contributed by atoms with Gasteiger partial charge in [0.25, 0.3) is 5.56 Å². The first kappa shape index (κ1) is 13.0. The van der Waals surface area contributed by atoms with Crippen LogP contribution in [0.1, 0.15) is 30.1 Å². The molecule has 112 valence electrons. The Hall–Kier alpha value is -2.70. The highest BCUT2D eigenvalue weighted by Crippen LogP contribution is 2.37. The summed E-state index contributed by atoms with van der Waals surface area (Å²) < 4.78 is 6.81. The Bertz CT molecular complexity index is 877. The first-order chi connectivity index (χ1) is 10.7. The zero-order chi connectivity index (χ0) is 15.1. The maximum Gasteiger partial charge on any atom is 0.281 e. The van der Waals surface area contributed by atoms with Crippen molar-refractivity contribution in [3.8, 4) is 5.75 Å². The molecule has 4 rings (SSSR count). The van der Waals surface area contributed by atoms with Crippen molar-refractivity contribution >= 4 is 11.2 Å². The topological polar surface area (TPSA) is 85.7 Å². The van der Waals surface area contributed by atoms with Crippen molar-refractivity contribution in [3.63, 3.8) is 0 Å². The van der Waals surface area contributed by atoms with Gasteiger partial charge in [-0.05, 0) is 30.5 Å². The molecule has 7 heteroatoms. The molecule has 0 atom stereocenters. The molecule has 3 aromatic rings. The Labute approximate surface area is 125 Å². The lowest BCUT2D eigenvalue weighted by molar-refractivity contribution is 0.414. The summed E-state index contributed by atoms with van der Waals surface area (Å²) in [6, 6.07) is 7.71. The molecule has 0 unspecified atom stereocenters. The van der Waals surface area contributed by atoms with Crippen LogP contribution < -0.4 is 10.3 Å². The van der Waals surface area contributed by atoms with Gasteiger partial charge in [0.05, 0.1) is 13.7 Å². The van der Waals surface area contributed by atoms with Gasteiger partial charge in [0.15, 0.2) is 11.2 Å². The number of hydrogen-bond donors (Lipinski definition) is 1. The molecule has 0 radical (unpaired) electrons. The van der Waals surface area contributed by atoms with Crippen LogP contribution in [0.15, 0.2) is 29.1 Å². The maximum absolute atomic E-state index is 12.1. The Kier molecular flexibility index (Phi) is 2.92.